The van der Waals surface area contributed by atoms with E-state index in [-0.39, 0.29) is 24.3 Å². The molecular weight excluding hydrogens is 390 g/mol. The van der Waals surface area contributed by atoms with Gasteiger partial charge in [0.05, 0.1) is 11.4 Å². The molecule has 2 aromatic rings. The average molecular weight is 416 g/mol. The van der Waals surface area contributed by atoms with Gasteiger partial charge in [-0.1, -0.05) is 37.6 Å². The highest BCUT2D eigenvalue weighted by Crippen LogP contribution is 2.27. The maximum Gasteiger partial charge on any atom is 0.262 e. The largest absolute Gasteiger partial charge is 0.484 e. The standard InChI is InChI=1S/C22H26ClN3O3/c1-16(2)22(28)26-13-11-25(12-14-26)20-6-4-3-5-19(20)24-21(27)15-29-18-9-7-17(23)8-10-18/h3-10,16H,11-15H2,1-2H3,(H,24,27). The third kappa shape index (κ3) is 5.64. The number of anilines is 2. The number of piperazine rings is 1. The fraction of sp³-hybridized carbons (Fsp3) is 0.364. The molecule has 0 aromatic heterocycles. The van der Waals surface area contributed by atoms with E-state index < -0.39 is 0 Å². The first kappa shape index (κ1) is 21.0. The fourth-order valence-electron chi connectivity index (χ4n) is 3.25. The molecule has 0 radical (unpaired) electrons. The minimum Gasteiger partial charge on any atom is -0.484 e. The number of rotatable bonds is 6. The van der Waals surface area contributed by atoms with Crippen LogP contribution >= 0.6 is 11.6 Å². The first-order valence-corrected chi connectivity index (χ1v) is 10.1. The molecule has 0 unspecified atom stereocenters. The van der Waals surface area contributed by atoms with Crippen molar-refractivity contribution < 1.29 is 14.3 Å². The van der Waals surface area contributed by atoms with Crippen LogP contribution in [0.1, 0.15) is 13.8 Å². The van der Waals surface area contributed by atoms with Crippen LogP contribution in [0.25, 0.3) is 0 Å². The fourth-order valence-corrected chi connectivity index (χ4v) is 3.38. The molecule has 1 aliphatic heterocycles. The maximum absolute atomic E-state index is 12.4. The number of para-hydroxylation sites is 2. The molecule has 0 atom stereocenters. The molecule has 2 amide bonds. The quantitative estimate of drug-likeness (QED) is 0.782. The first-order valence-electron chi connectivity index (χ1n) is 9.75. The molecule has 0 saturated carbocycles. The second-order valence-corrected chi connectivity index (χ2v) is 7.71. The van der Waals surface area contributed by atoms with Gasteiger partial charge in [-0.25, -0.2) is 0 Å². The molecule has 0 spiro atoms. The lowest BCUT2D eigenvalue weighted by Crippen LogP contribution is -2.50. The van der Waals surface area contributed by atoms with E-state index in [1.54, 1.807) is 24.3 Å². The van der Waals surface area contributed by atoms with Gasteiger partial charge in [0.2, 0.25) is 5.91 Å². The SMILES string of the molecule is CC(C)C(=O)N1CCN(c2ccccc2NC(=O)COc2ccc(Cl)cc2)CC1. The molecule has 7 heteroatoms. The zero-order chi connectivity index (χ0) is 20.8. The lowest BCUT2D eigenvalue weighted by Gasteiger charge is -2.37. The Morgan fingerprint density at radius 1 is 1.03 bits per heavy atom. The predicted octanol–water partition coefficient (Wildman–Crippen LogP) is 3.66. The monoisotopic (exact) mass is 415 g/mol. The summed E-state index contributed by atoms with van der Waals surface area (Å²) in [4.78, 5) is 28.7. The molecule has 6 nitrogen and oxygen atoms in total. The van der Waals surface area contributed by atoms with Gasteiger partial charge in [-0.15, -0.1) is 0 Å². The van der Waals surface area contributed by atoms with E-state index in [1.165, 1.54) is 0 Å². The van der Waals surface area contributed by atoms with E-state index in [0.717, 1.165) is 24.5 Å². The normalized spacial score (nSPS) is 14.1. The highest BCUT2D eigenvalue weighted by Gasteiger charge is 2.24. The van der Waals surface area contributed by atoms with Gasteiger partial charge in [0.25, 0.3) is 5.91 Å². The Morgan fingerprint density at radius 2 is 1.69 bits per heavy atom. The number of benzene rings is 2. The number of nitrogens with one attached hydrogen (secondary N) is 1. The van der Waals surface area contributed by atoms with Crippen LogP contribution in [0, 0.1) is 5.92 Å². The lowest BCUT2D eigenvalue weighted by atomic mass is 10.1. The summed E-state index contributed by atoms with van der Waals surface area (Å²) in [7, 11) is 0. The van der Waals surface area contributed by atoms with Crippen molar-refractivity contribution >= 4 is 34.8 Å². The van der Waals surface area contributed by atoms with Gasteiger partial charge in [0.15, 0.2) is 6.61 Å². The first-order chi connectivity index (χ1) is 13.9. The molecular formula is C22H26ClN3O3. The lowest BCUT2D eigenvalue weighted by molar-refractivity contribution is -0.134. The summed E-state index contributed by atoms with van der Waals surface area (Å²) in [6.07, 6.45) is 0. The van der Waals surface area contributed by atoms with E-state index in [2.05, 4.69) is 10.2 Å². The third-order valence-electron chi connectivity index (χ3n) is 4.79. The number of carbonyl (C=O) groups excluding carboxylic acids is 2. The number of carbonyl (C=O) groups is 2. The van der Waals surface area contributed by atoms with Gasteiger partial charge in [-0.2, -0.15) is 0 Å². The van der Waals surface area contributed by atoms with Crippen molar-refractivity contribution in [1.82, 2.24) is 4.90 Å². The Labute approximate surface area is 176 Å². The summed E-state index contributed by atoms with van der Waals surface area (Å²) >= 11 is 5.85. The minimum absolute atomic E-state index is 0.00812. The number of ether oxygens (including phenoxy) is 1. The molecule has 1 N–H and O–H groups in total. The summed E-state index contributed by atoms with van der Waals surface area (Å²) in [6.45, 7) is 6.57. The highest BCUT2D eigenvalue weighted by atomic mass is 35.5. The van der Waals surface area contributed by atoms with Crippen LogP contribution < -0.4 is 15.0 Å². The van der Waals surface area contributed by atoms with Gasteiger partial charge >= 0.3 is 0 Å². The maximum atomic E-state index is 12.4. The smallest absolute Gasteiger partial charge is 0.262 e. The van der Waals surface area contributed by atoms with E-state index >= 15 is 0 Å². The Bertz CT molecular complexity index is 847. The van der Waals surface area contributed by atoms with Crippen molar-refractivity contribution in [2.75, 3.05) is 43.0 Å². The van der Waals surface area contributed by atoms with Gasteiger partial charge in [-0.05, 0) is 36.4 Å². The molecule has 1 saturated heterocycles. The summed E-state index contributed by atoms with van der Waals surface area (Å²) in [5.74, 6) is 0.546. The van der Waals surface area contributed by atoms with Crippen LogP contribution in [-0.2, 0) is 9.59 Å². The Balaban J connectivity index is 1.58. The van der Waals surface area contributed by atoms with Gasteiger partial charge < -0.3 is 19.9 Å². The predicted molar refractivity (Wildman–Crippen MR) is 116 cm³/mol. The van der Waals surface area contributed by atoms with Gasteiger partial charge in [-0.3, -0.25) is 9.59 Å². The zero-order valence-corrected chi connectivity index (χ0v) is 17.5. The molecule has 154 valence electrons. The molecule has 1 aliphatic rings. The van der Waals surface area contributed by atoms with Crippen LogP contribution in [0.4, 0.5) is 11.4 Å². The molecule has 2 aromatic carbocycles. The Kier molecular flexibility index (Phi) is 6.99. The average Bonchev–Trinajstić information content (AvgIpc) is 2.73. The second kappa shape index (κ2) is 9.65. The highest BCUT2D eigenvalue weighted by molar-refractivity contribution is 6.30. The summed E-state index contributed by atoms with van der Waals surface area (Å²) in [5, 5.41) is 3.55. The number of nitrogens with zero attached hydrogens (tertiary/aromatic N) is 2. The zero-order valence-electron chi connectivity index (χ0n) is 16.7. The molecule has 0 aliphatic carbocycles. The molecule has 29 heavy (non-hydrogen) atoms. The van der Waals surface area contributed by atoms with Gasteiger partial charge in [0.1, 0.15) is 5.75 Å². The number of halogens is 1. The Morgan fingerprint density at radius 3 is 2.34 bits per heavy atom. The molecule has 0 bridgehead atoms. The molecule has 1 heterocycles. The van der Waals surface area contributed by atoms with Crippen molar-refractivity contribution in [3.63, 3.8) is 0 Å². The van der Waals surface area contributed by atoms with Crippen molar-refractivity contribution in [1.29, 1.82) is 0 Å². The summed E-state index contributed by atoms with van der Waals surface area (Å²) in [5.41, 5.74) is 1.69. The van der Waals surface area contributed by atoms with Crippen LogP contribution in [0.5, 0.6) is 5.75 Å². The Hall–Kier alpha value is -2.73. The van der Waals surface area contributed by atoms with E-state index in [9.17, 15) is 9.59 Å². The van der Waals surface area contributed by atoms with Gasteiger partial charge in [0, 0.05) is 37.1 Å². The number of hydrogen-bond acceptors (Lipinski definition) is 4. The number of amides is 2. The van der Waals surface area contributed by atoms with Crippen LogP contribution in [0.3, 0.4) is 0 Å². The van der Waals surface area contributed by atoms with Crippen molar-refractivity contribution in [3.8, 4) is 5.75 Å². The van der Waals surface area contributed by atoms with Crippen molar-refractivity contribution in [2.24, 2.45) is 5.92 Å². The third-order valence-corrected chi connectivity index (χ3v) is 5.04. The minimum atomic E-state index is -0.235. The van der Waals surface area contributed by atoms with Crippen LogP contribution in [-0.4, -0.2) is 49.5 Å². The number of hydrogen-bond donors (Lipinski definition) is 1. The van der Waals surface area contributed by atoms with Crippen molar-refractivity contribution in [2.45, 2.75) is 13.8 Å². The summed E-state index contributed by atoms with van der Waals surface area (Å²) < 4.78 is 5.51. The van der Waals surface area contributed by atoms with Crippen LogP contribution in [0.2, 0.25) is 5.02 Å². The molecule has 1 fully saturated rings. The van der Waals surface area contributed by atoms with E-state index in [0.29, 0.717) is 23.9 Å². The summed E-state index contributed by atoms with van der Waals surface area (Å²) in [6, 6.07) is 14.6. The van der Waals surface area contributed by atoms with E-state index in [1.807, 2.05) is 43.0 Å². The molecule has 3 rings (SSSR count). The second-order valence-electron chi connectivity index (χ2n) is 7.27. The van der Waals surface area contributed by atoms with E-state index in [4.69, 9.17) is 16.3 Å². The topological polar surface area (TPSA) is 61.9 Å². The van der Waals surface area contributed by atoms with Crippen molar-refractivity contribution in [3.05, 3.63) is 53.6 Å². The van der Waals surface area contributed by atoms with Crippen LogP contribution in [0.15, 0.2) is 48.5 Å².